The van der Waals surface area contributed by atoms with Gasteiger partial charge in [0.05, 0.1) is 32.0 Å². The monoisotopic (exact) mass is 490 g/mol. The summed E-state index contributed by atoms with van der Waals surface area (Å²) >= 11 is 5.89. The van der Waals surface area contributed by atoms with Crippen LogP contribution in [0, 0.1) is 0 Å². The third-order valence-electron chi connectivity index (χ3n) is 5.72. The Bertz CT molecular complexity index is 1200. The molecule has 1 atom stereocenters. The second-order valence-electron chi connectivity index (χ2n) is 8.37. The van der Waals surface area contributed by atoms with Crippen molar-refractivity contribution in [3.63, 3.8) is 0 Å². The average Bonchev–Trinajstić information content (AvgIpc) is 3.32. The lowest BCUT2D eigenvalue weighted by Gasteiger charge is -2.24. The third-order valence-corrected chi connectivity index (χ3v) is 5.97. The molecule has 3 aromatic rings. The molecule has 1 heterocycles. The highest BCUT2D eigenvalue weighted by molar-refractivity contribution is 6.30. The smallest absolute Gasteiger partial charge is 0.257 e. The van der Waals surface area contributed by atoms with Crippen molar-refractivity contribution in [2.75, 3.05) is 32.6 Å². The standard InChI is InChI=1S/C27H27ClN4O3/c1-31(17-26(33)29-22-12-10-21(28)11-13-22)18-27(34)32-25(20-8-14-23(35-2)15-9-20)16-24(30-32)19-6-4-3-5-7-19/h3-15,25H,16-18H2,1-2H3,(H,29,33). The van der Waals surface area contributed by atoms with Crippen LogP contribution in [0.2, 0.25) is 5.02 Å². The maximum atomic E-state index is 13.3. The molecule has 35 heavy (non-hydrogen) atoms. The number of hydrogen-bond acceptors (Lipinski definition) is 5. The van der Waals surface area contributed by atoms with Gasteiger partial charge < -0.3 is 10.1 Å². The molecule has 2 amide bonds. The summed E-state index contributed by atoms with van der Waals surface area (Å²) in [5, 5.41) is 9.64. The summed E-state index contributed by atoms with van der Waals surface area (Å²) < 4.78 is 5.27. The number of benzene rings is 3. The Balaban J connectivity index is 1.46. The van der Waals surface area contributed by atoms with E-state index >= 15 is 0 Å². The molecule has 0 saturated carbocycles. The molecule has 0 radical (unpaired) electrons. The lowest BCUT2D eigenvalue weighted by atomic mass is 9.98. The number of carbonyl (C=O) groups is 2. The highest BCUT2D eigenvalue weighted by Gasteiger charge is 2.33. The van der Waals surface area contributed by atoms with E-state index in [0.717, 1.165) is 22.6 Å². The van der Waals surface area contributed by atoms with E-state index in [4.69, 9.17) is 21.4 Å². The summed E-state index contributed by atoms with van der Waals surface area (Å²) in [5.74, 6) is 0.350. The predicted molar refractivity (Wildman–Crippen MR) is 138 cm³/mol. The van der Waals surface area contributed by atoms with Gasteiger partial charge in [0.1, 0.15) is 5.75 Å². The van der Waals surface area contributed by atoms with Gasteiger partial charge in [0.2, 0.25) is 5.91 Å². The van der Waals surface area contributed by atoms with Crippen molar-refractivity contribution in [1.82, 2.24) is 9.91 Å². The van der Waals surface area contributed by atoms with Gasteiger partial charge in [-0.3, -0.25) is 14.5 Å². The number of ether oxygens (including phenoxy) is 1. The van der Waals surface area contributed by atoms with Gasteiger partial charge in [-0.25, -0.2) is 5.01 Å². The third kappa shape index (κ3) is 6.26. The molecule has 1 N–H and O–H groups in total. The summed E-state index contributed by atoms with van der Waals surface area (Å²) in [4.78, 5) is 27.4. The van der Waals surface area contributed by atoms with Gasteiger partial charge in [-0.05, 0) is 54.6 Å². The minimum absolute atomic E-state index is 0.0479. The van der Waals surface area contributed by atoms with Crippen molar-refractivity contribution in [1.29, 1.82) is 0 Å². The van der Waals surface area contributed by atoms with Crippen LogP contribution in [-0.4, -0.2) is 54.7 Å². The van der Waals surface area contributed by atoms with Crippen LogP contribution in [0.1, 0.15) is 23.6 Å². The van der Waals surface area contributed by atoms with Crippen LogP contribution in [0.25, 0.3) is 0 Å². The van der Waals surface area contributed by atoms with Gasteiger partial charge in [0, 0.05) is 17.1 Å². The topological polar surface area (TPSA) is 74.2 Å². The van der Waals surface area contributed by atoms with E-state index < -0.39 is 0 Å². The Morgan fingerprint density at radius 3 is 2.37 bits per heavy atom. The van der Waals surface area contributed by atoms with E-state index in [9.17, 15) is 9.59 Å². The first kappa shape index (κ1) is 24.4. The van der Waals surface area contributed by atoms with E-state index in [1.807, 2.05) is 54.6 Å². The molecule has 4 rings (SSSR count). The second kappa shape index (κ2) is 11.2. The Morgan fingerprint density at radius 2 is 1.71 bits per heavy atom. The highest BCUT2D eigenvalue weighted by Crippen LogP contribution is 2.33. The van der Waals surface area contributed by atoms with E-state index in [0.29, 0.717) is 17.1 Å². The van der Waals surface area contributed by atoms with Crippen molar-refractivity contribution in [3.8, 4) is 5.75 Å². The second-order valence-corrected chi connectivity index (χ2v) is 8.81. The molecule has 0 fully saturated rings. The van der Waals surface area contributed by atoms with Crippen LogP contribution in [0.3, 0.4) is 0 Å². The Kier molecular flexibility index (Phi) is 7.80. The molecule has 1 unspecified atom stereocenters. The van der Waals surface area contributed by atoms with E-state index in [2.05, 4.69) is 5.32 Å². The zero-order valence-electron chi connectivity index (χ0n) is 19.6. The quantitative estimate of drug-likeness (QED) is 0.501. The number of rotatable bonds is 8. The number of nitrogens with zero attached hydrogens (tertiary/aromatic N) is 3. The van der Waals surface area contributed by atoms with Crippen molar-refractivity contribution >= 4 is 34.8 Å². The van der Waals surface area contributed by atoms with E-state index in [1.54, 1.807) is 43.3 Å². The molecule has 0 saturated heterocycles. The number of carbonyl (C=O) groups excluding carboxylic acids is 2. The molecule has 0 aliphatic carbocycles. The number of methoxy groups -OCH3 is 1. The molecule has 3 aromatic carbocycles. The molecule has 1 aliphatic rings. The summed E-state index contributed by atoms with van der Waals surface area (Å²) in [6.07, 6.45) is 0.600. The first-order valence-electron chi connectivity index (χ1n) is 11.3. The lowest BCUT2D eigenvalue weighted by Crippen LogP contribution is -2.39. The average molecular weight is 491 g/mol. The molecule has 180 valence electrons. The number of hydrogen-bond donors (Lipinski definition) is 1. The summed E-state index contributed by atoms with van der Waals surface area (Å²) in [6, 6.07) is 24.2. The molecule has 0 aromatic heterocycles. The molecule has 8 heteroatoms. The van der Waals surface area contributed by atoms with Crippen LogP contribution >= 0.6 is 11.6 Å². The van der Waals surface area contributed by atoms with Crippen molar-refractivity contribution in [3.05, 3.63) is 95.0 Å². The molecular weight excluding hydrogens is 464 g/mol. The first-order valence-corrected chi connectivity index (χ1v) is 11.6. The molecular formula is C27H27ClN4O3. The Hall–Kier alpha value is -3.68. The van der Waals surface area contributed by atoms with Gasteiger partial charge in [-0.2, -0.15) is 5.10 Å². The number of likely N-dealkylation sites (N-methyl/N-ethyl adjacent to an activating group) is 1. The number of hydrazone groups is 1. The van der Waals surface area contributed by atoms with Crippen LogP contribution in [0.15, 0.2) is 84.0 Å². The summed E-state index contributed by atoms with van der Waals surface area (Å²) in [6.45, 7) is 0.108. The van der Waals surface area contributed by atoms with Gasteiger partial charge >= 0.3 is 0 Å². The van der Waals surface area contributed by atoms with Gasteiger partial charge in [0.15, 0.2) is 0 Å². The minimum atomic E-state index is -0.236. The van der Waals surface area contributed by atoms with Crippen LogP contribution < -0.4 is 10.1 Å². The van der Waals surface area contributed by atoms with Crippen LogP contribution in [0.5, 0.6) is 5.75 Å². The summed E-state index contributed by atoms with van der Waals surface area (Å²) in [5.41, 5.74) is 3.45. The number of halogens is 1. The zero-order valence-corrected chi connectivity index (χ0v) is 20.4. The van der Waals surface area contributed by atoms with Gasteiger partial charge in [-0.15, -0.1) is 0 Å². The SMILES string of the molecule is COc1ccc(C2CC(c3ccccc3)=NN2C(=O)CN(C)CC(=O)Nc2ccc(Cl)cc2)cc1. The fourth-order valence-electron chi connectivity index (χ4n) is 3.97. The maximum absolute atomic E-state index is 13.3. The molecule has 7 nitrogen and oxygen atoms in total. The van der Waals surface area contributed by atoms with E-state index in [1.165, 1.54) is 5.01 Å². The number of anilines is 1. The number of nitrogens with one attached hydrogen (secondary N) is 1. The first-order chi connectivity index (χ1) is 16.9. The minimum Gasteiger partial charge on any atom is -0.497 e. The van der Waals surface area contributed by atoms with Crippen LogP contribution in [0.4, 0.5) is 5.69 Å². The fraction of sp³-hybridized carbons (Fsp3) is 0.222. The van der Waals surface area contributed by atoms with Crippen molar-refractivity contribution in [2.45, 2.75) is 12.5 Å². The van der Waals surface area contributed by atoms with Crippen LogP contribution in [-0.2, 0) is 9.59 Å². The summed E-state index contributed by atoms with van der Waals surface area (Å²) in [7, 11) is 3.36. The lowest BCUT2D eigenvalue weighted by molar-refractivity contribution is -0.134. The fourth-order valence-corrected chi connectivity index (χ4v) is 4.10. The molecule has 1 aliphatic heterocycles. The zero-order chi connectivity index (χ0) is 24.8. The maximum Gasteiger partial charge on any atom is 0.257 e. The highest BCUT2D eigenvalue weighted by atomic mass is 35.5. The van der Waals surface area contributed by atoms with Crippen molar-refractivity contribution in [2.24, 2.45) is 5.10 Å². The molecule has 0 spiro atoms. The predicted octanol–water partition coefficient (Wildman–Crippen LogP) is 4.60. The van der Waals surface area contributed by atoms with Gasteiger partial charge in [0.25, 0.3) is 5.91 Å². The molecule has 0 bridgehead atoms. The normalized spacial score (nSPS) is 15.1. The number of amides is 2. The van der Waals surface area contributed by atoms with Gasteiger partial charge in [-0.1, -0.05) is 54.1 Å². The largest absolute Gasteiger partial charge is 0.497 e. The van der Waals surface area contributed by atoms with E-state index in [-0.39, 0.29) is 30.9 Å². The Labute approximate surface area is 209 Å². The van der Waals surface area contributed by atoms with Crippen molar-refractivity contribution < 1.29 is 14.3 Å². The Morgan fingerprint density at radius 1 is 1.03 bits per heavy atom.